The number of anilines is 1. The molecule has 0 spiro atoms. The summed E-state index contributed by atoms with van der Waals surface area (Å²) < 4.78 is 26.6. The molecule has 0 atom stereocenters. The summed E-state index contributed by atoms with van der Waals surface area (Å²) in [5, 5.41) is 8.83. The average Bonchev–Trinajstić information content (AvgIpc) is 2.38. The van der Waals surface area contributed by atoms with Crippen molar-refractivity contribution in [3.63, 3.8) is 0 Å². The van der Waals surface area contributed by atoms with Gasteiger partial charge in [0.2, 0.25) is 0 Å². The van der Waals surface area contributed by atoms with E-state index in [0.717, 1.165) is 0 Å². The molecule has 0 bridgehead atoms. The zero-order valence-corrected chi connectivity index (χ0v) is 12.0. The van der Waals surface area contributed by atoms with E-state index in [1.807, 2.05) is 6.07 Å². The predicted octanol–water partition coefficient (Wildman–Crippen LogP) is 2.46. The summed E-state index contributed by atoms with van der Waals surface area (Å²) in [5.74, 6) is -0.0454. The molecule has 0 fully saturated rings. The first-order chi connectivity index (χ1) is 9.42. The van der Waals surface area contributed by atoms with E-state index in [1.54, 1.807) is 0 Å². The molecule has 6 nitrogen and oxygen atoms in total. The second-order valence-corrected chi connectivity index (χ2v) is 6.03. The van der Waals surface area contributed by atoms with Gasteiger partial charge in [-0.25, -0.2) is 13.4 Å². The van der Waals surface area contributed by atoms with Crippen molar-refractivity contribution in [1.29, 1.82) is 5.26 Å². The van der Waals surface area contributed by atoms with Gasteiger partial charge in [-0.05, 0) is 18.2 Å². The summed E-state index contributed by atoms with van der Waals surface area (Å²) in [6.45, 7) is 0. The van der Waals surface area contributed by atoms with E-state index >= 15 is 0 Å². The highest BCUT2D eigenvalue weighted by molar-refractivity contribution is 7.92. The van der Waals surface area contributed by atoms with Crippen LogP contribution in [0.2, 0.25) is 10.2 Å². The Bertz CT molecular complexity index is 802. The molecule has 2 rings (SSSR count). The second-order valence-electron chi connectivity index (χ2n) is 3.59. The van der Waals surface area contributed by atoms with Crippen molar-refractivity contribution in [3.8, 4) is 6.07 Å². The SMILES string of the molecule is N#Cc1ccc(Cl)c(S(=O)(=O)Nc2cncc(Cl)n2)c1. The van der Waals surface area contributed by atoms with Gasteiger partial charge in [0.25, 0.3) is 10.0 Å². The maximum Gasteiger partial charge on any atom is 0.264 e. The maximum atomic E-state index is 12.2. The molecule has 1 N–H and O–H groups in total. The van der Waals surface area contributed by atoms with Crippen LogP contribution in [0.4, 0.5) is 5.82 Å². The lowest BCUT2D eigenvalue weighted by atomic mass is 10.2. The van der Waals surface area contributed by atoms with Crippen molar-refractivity contribution in [2.45, 2.75) is 4.90 Å². The Hall–Kier alpha value is -1.88. The number of hydrogen-bond donors (Lipinski definition) is 1. The third-order valence-electron chi connectivity index (χ3n) is 2.19. The summed E-state index contributed by atoms with van der Waals surface area (Å²) in [4.78, 5) is 7.25. The van der Waals surface area contributed by atoms with Crippen LogP contribution in [-0.4, -0.2) is 18.4 Å². The zero-order chi connectivity index (χ0) is 14.8. The molecule has 2 aromatic rings. The van der Waals surface area contributed by atoms with Gasteiger partial charge in [0.1, 0.15) is 10.0 Å². The van der Waals surface area contributed by atoms with Crippen LogP contribution in [0.25, 0.3) is 0 Å². The molecule has 0 aliphatic carbocycles. The quantitative estimate of drug-likeness (QED) is 0.933. The molecule has 1 aromatic heterocycles. The van der Waals surface area contributed by atoms with Crippen LogP contribution in [0.1, 0.15) is 5.56 Å². The number of nitrogens with zero attached hydrogens (tertiary/aromatic N) is 3. The van der Waals surface area contributed by atoms with E-state index in [2.05, 4.69) is 14.7 Å². The predicted molar refractivity (Wildman–Crippen MR) is 74.0 cm³/mol. The third-order valence-corrected chi connectivity index (χ3v) is 4.21. The van der Waals surface area contributed by atoms with Crippen LogP contribution >= 0.6 is 23.2 Å². The van der Waals surface area contributed by atoms with Crippen LogP contribution in [0.3, 0.4) is 0 Å². The number of nitriles is 1. The first-order valence-corrected chi connectivity index (χ1v) is 7.36. The van der Waals surface area contributed by atoms with E-state index in [4.69, 9.17) is 28.5 Å². The number of nitrogens with one attached hydrogen (secondary N) is 1. The van der Waals surface area contributed by atoms with Crippen molar-refractivity contribution >= 4 is 39.0 Å². The molecule has 102 valence electrons. The monoisotopic (exact) mass is 328 g/mol. The molecule has 0 aliphatic rings. The first kappa shape index (κ1) is 14.5. The molecule has 0 saturated heterocycles. The topological polar surface area (TPSA) is 95.7 Å². The van der Waals surface area contributed by atoms with Crippen molar-refractivity contribution in [3.05, 3.63) is 46.3 Å². The van der Waals surface area contributed by atoms with Crippen molar-refractivity contribution in [2.75, 3.05) is 4.72 Å². The highest BCUT2D eigenvalue weighted by atomic mass is 35.5. The van der Waals surface area contributed by atoms with Gasteiger partial charge in [-0.3, -0.25) is 9.71 Å². The molecule has 9 heteroatoms. The lowest BCUT2D eigenvalue weighted by Crippen LogP contribution is -2.15. The van der Waals surface area contributed by atoms with Gasteiger partial charge in [-0.2, -0.15) is 5.26 Å². The lowest BCUT2D eigenvalue weighted by Gasteiger charge is -2.08. The fourth-order valence-corrected chi connectivity index (χ4v) is 3.02. The minimum absolute atomic E-state index is 0.00788. The largest absolute Gasteiger partial charge is 0.264 e. The summed E-state index contributed by atoms with van der Waals surface area (Å²) in [6.07, 6.45) is 2.47. The van der Waals surface area contributed by atoms with E-state index < -0.39 is 10.0 Å². The fourth-order valence-electron chi connectivity index (χ4n) is 1.36. The summed E-state index contributed by atoms with van der Waals surface area (Å²) in [6, 6.07) is 5.76. The smallest absolute Gasteiger partial charge is 0.262 e. The van der Waals surface area contributed by atoms with Gasteiger partial charge >= 0.3 is 0 Å². The Balaban J connectivity index is 2.43. The van der Waals surface area contributed by atoms with E-state index in [9.17, 15) is 8.42 Å². The third kappa shape index (κ3) is 3.17. The Labute approximate surface area is 125 Å². The normalized spacial score (nSPS) is 10.8. The summed E-state index contributed by atoms with van der Waals surface area (Å²) in [5.41, 5.74) is 0.173. The first-order valence-electron chi connectivity index (χ1n) is 5.12. The molecule has 1 aromatic carbocycles. The molecule has 0 amide bonds. The van der Waals surface area contributed by atoms with E-state index in [-0.39, 0.29) is 26.5 Å². The number of benzene rings is 1. The minimum Gasteiger partial charge on any atom is -0.262 e. The van der Waals surface area contributed by atoms with Crippen LogP contribution in [0, 0.1) is 11.3 Å². The number of rotatable bonds is 3. The molecule has 20 heavy (non-hydrogen) atoms. The Morgan fingerprint density at radius 2 is 2.00 bits per heavy atom. The fraction of sp³-hybridized carbons (Fsp3) is 0. The number of aromatic nitrogens is 2. The van der Waals surface area contributed by atoms with Gasteiger partial charge in [-0.1, -0.05) is 23.2 Å². The molecule has 0 unspecified atom stereocenters. The highest BCUT2D eigenvalue weighted by Crippen LogP contribution is 2.24. The van der Waals surface area contributed by atoms with Gasteiger partial charge < -0.3 is 0 Å². The van der Waals surface area contributed by atoms with E-state index in [1.165, 1.54) is 30.6 Å². The maximum absolute atomic E-state index is 12.2. The Morgan fingerprint density at radius 3 is 2.65 bits per heavy atom. The molecule has 1 heterocycles. The standard InChI is InChI=1S/C11H6Cl2N4O2S/c12-8-2-1-7(4-14)3-9(8)20(18,19)17-11-6-15-5-10(13)16-11/h1-3,5-6H,(H,16,17). The second kappa shape index (κ2) is 5.63. The highest BCUT2D eigenvalue weighted by Gasteiger charge is 2.19. The lowest BCUT2D eigenvalue weighted by molar-refractivity contribution is 0.601. The van der Waals surface area contributed by atoms with Crippen LogP contribution in [0.5, 0.6) is 0 Å². The number of hydrogen-bond acceptors (Lipinski definition) is 5. The van der Waals surface area contributed by atoms with Gasteiger partial charge in [0, 0.05) is 0 Å². The van der Waals surface area contributed by atoms with Crippen molar-refractivity contribution in [2.24, 2.45) is 0 Å². The van der Waals surface area contributed by atoms with Crippen molar-refractivity contribution in [1.82, 2.24) is 9.97 Å². The molecule has 0 saturated carbocycles. The molecule has 0 aliphatic heterocycles. The average molecular weight is 329 g/mol. The van der Waals surface area contributed by atoms with Gasteiger partial charge in [0.05, 0.1) is 29.0 Å². The van der Waals surface area contributed by atoms with Gasteiger partial charge in [-0.15, -0.1) is 0 Å². The Kier molecular flexibility index (Phi) is 4.09. The van der Waals surface area contributed by atoms with Gasteiger partial charge in [0.15, 0.2) is 5.82 Å². The summed E-state index contributed by atoms with van der Waals surface area (Å²) in [7, 11) is -3.99. The molecular formula is C11H6Cl2N4O2S. The van der Waals surface area contributed by atoms with Crippen molar-refractivity contribution < 1.29 is 8.42 Å². The molecule has 0 radical (unpaired) electrons. The number of halogens is 2. The minimum atomic E-state index is -3.99. The van der Waals surface area contributed by atoms with Crippen LogP contribution in [0.15, 0.2) is 35.5 Å². The van der Waals surface area contributed by atoms with Crippen LogP contribution < -0.4 is 4.72 Å². The Morgan fingerprint density at radius 1 is 1.25 bits per heavy atom. The molecular weight excluding hydrogens is 323 g/mol. The number of sulfonamides is 1. The van der Waals surface area contributed by atoms with E-state index in [0.29, 0.717) is 0 Å². The summed E-state index contributed by atoms with van der Waals surface area (Å²) >= 11 is 11.5. The zero-order valence-electron chi connectivity index (χ0n) is 9.71. The van der Waals surface area contributed by atoms with Crippen LogP contribution in [-0.2, 0) is 10.0 Å².